The minimum atomic E-state index is -0.0483. The molecule has 2 atom stereocenters. The van der Waals surface area contributed by atoms with E-state index in [9.17, 15) is 4.79 Å². The number of likely N-dealkylation sites (tertiary alicyclic amines) is 1. The Labute approximate surface area is 148 Å². The topological polar surface area (TPSA) is 67.4 Å². The van der Waals surface area contributed by atoms with Gasteiger partial charge in [-0.3, -0.25) is 9.97 Å². The highest BCUT2D eigenvalue weighted by atomic mass is 16.5. The first-order valence-corrected chi connectivity index (χ1v) is 8.65. The minimum Gasteiger partial charge on any atom is -0.487 e. The van der Waals surface area contributed by atoms with Gasteiger partial charge in [-0.15, -0.1) is 0 Å². The number of pyridine rings is 2. The maximum Gasteiger partial charge on any atom is 0.318 e. The van der Waals surface area contributed by atoms with Gasteiger partial charge in [-0.1, -0.05) is 13.8 Å². The second-order valence-electron chi connectivity index (χ2n) is 6.62. The SMILES string of the molecule is CC(C)[C@H](NC(=O)N1CC[C@@H](Oc2cccnc2)C1)c1ccncc1. The molecule has 0 saturated carbocycles. The summed E-state index contributed by atoms with van der Waals surface area (Å²) in [6.45, 7) is 5.48. The number of rotatable bonds is 5. The average molecular weight is 340 g/mol. The number of urea groups is 1. The van der Waals surface area contributed by atoms with Crippen molar-refractivity contribution in [1.82, 2.24) is 20.2 Å². The Morgan fingerprint density at radius 1 is 1.24 bits per heavy atom. The first-order valence-electron chi connectivity index (χ1n) is 8.65. The number of amides is 2. The Hall–Kier alpha value is -2.63. The van der Waals surface area contributed by atoms with Crippen LogP contribution in [0, 0.1) is 5.92 Å². The highest BCUT2D eigenvalue weighted by Crippen LogP contribution is 2.22. The van der Waals surface area contributed by atoms with Crippen molar-refractivity contribution in [1.29, 1.82) is 0 Å². The molecule has 6 heteroatoms. The van der Waals surface area contributed by atoms with E-state index in [2.05, 4.69) is 29.1 Å². The van der Waals surface area contributed by atoms with Crippen molar-refractivity contribution in [3.05, 3.63) is 54.6 Å². The Balaban J connectivity index is 1.58. The molecule has 3 heterocycles. The predicted molar refractivity (Wildman–Crippen MR) is 95.2 cm³/mol. The molecule has 0 aliphatic carbocycles. The smallest absolute Gasteiger partial charge is 0.318 e. The standard InChI is InChI=1S/C19H24N4O2/c1-14(2)18(15-5-9-20-10-6-15)22-19(24)23-11-7-17(13-23)25-16-4-3-8-21-12-16/h3-6,8-10,12,14,17-18H,7,11,13H2,1-2H3,(H,22,24)/t17-,18+/m1/s1. The monoisotopic (exact) mass is 340 g/mol. The molecule has 1 saturated heterocycles. The summed E-state index contributed by atoms with van der Waals surface area (Å²) in [5, 5.41) is 3.15. The molecule has 2 aromatic heterocycles. The summed E-state index contributed by atoms with van der Waals surface area (Å²) in [6, 6.07) is 7.54. The second-order valence-corrected chi connectivity index (χ2v) is 6.62. The number of carbonyl (C=O) groups is 1. The van der Waals surface area contributed by atoms with E-state index in [-0.39, 0.29) is 24.1 Å². The number of carbonyl (C=O) groups excluding carboxylic acids is 1. The maximum atomic E-state index is 12.7. The molecule has 0 bridgehead atoms. The Kier molecular flexibility index (Phi) is 5.48. The maximum absolute atomic E-state index is 12.7. The van der Waals surface area contributed by atoms with Gasteiger partial charge in [-0.2, -0.15) is 0 Å². The molecule has 0 radical (unpaired) electrons. The summed E-state index contributed by atoms with van der Waals surface area (Å²) < 4.78 is 5.90. The van der Waals surface area contributed by atoms with Gasteiger partial charge in [0, 0.05) is 31.6 Å². The molecule has 1 N–H and O–H groups in total. The minimum absolute atomic E-state index is 0.00775. The van der Waals surface area contributed by atoms with E-state index < -0.39 is 0 Å². The molecule has 1 fully saturated rings. The van der Waals surface area contributed by atoms with Gasteiger partial charge in [0.2, 0.25) is 0 Å². The second kappa shape index (κ2) is 7.96. The average Bonchev–Trinajstić information content (AvgIpc) is 3.09. The van der Waals surface area contributed by atoms with Gasteiger partial charge in [0.15, 0.2) is 0 Å². The van der Waals surface area contributed by atoms with Crippen LogP contribution in [0.4, 0.5) is 4.79 Å². The molecular formula is C19H24N4O2. The van der Waals surface area contributed by atoms with Crippen LogP contribution in [0.3, 0.4) is 0 Å². The Morgan fingerprint density at radius 2 is 2.04 bits per heavy atom. The molecular weight excluding hydrogens is 316 g/mol. The zero-order chi connectivity index (χ0) is 17.6. The molecule has 0 aromatic carbocycles. The fraction of sp³-hybridized carbons (Fsp3) is 0.421. The molecule has 1 aliphatic heterocycles. The number of nitrogens with zero attached hydrogens (tertiary/aromatic N) is 3. The molecule has 25 heavy (non-hydrogen) atoms. The van der Waals surface area contributed by atoms with Crippen molar-refractivity contribution in [2.45, 2.75) is 32.4 Å². The summed E-state index contributed by atoms with van der Waals surface area (Å²) in [4.78, 5) is 22.6. The number of hydrogen-bond donors (Lipinski definition) is 1. The molecule has 6 nitrogen and oxygen atoms in total. The summed E-state index contributed by atoms with van der Waals surface area (Å²) in [5.74, 6) is 1.03. The zero-order valence-corrected chi connectivity index (χ0v) is 14.6. The van der Waals surface area contributed by atoms with Crippen LogP contribution in [0.15, 0.2) is 49.1 Å². The van der Waals surface area contributed by atoms with E-state index in [1.165, 1.54) is 0 Å². The number of hydrogen-bond acceptors (Lipinski definition) is 4. The van der Waals surface area contributed by atoms with E-state index in [0.29, 0.717) is 13.1 Å². The Morgan fingerprint density at radius 3 is 2.72 bits per heavy atom. The van der Waals surface area contributed by atoms with Gasteiger partial charge in [-0.05, 0) is 35.7 Å². The van der Waals surface area contributed by atoms with Crippen LogP contribution >= 0.6 is 0 Å². The van der Waals surface area contributed by atoms with Gasteiger partial charge in [0.25, 0.3) is 0 Å². The lowest BCUT2D eigenvalue weighted by Gasteiger charge is -2.26. The van der Waals surface area contributed by atoms with E-state index >= 15 is 0 Å². The van der Waals surface area contributed by atoms with Crippen LogP contribution in [-0.2, 0) is 0 Å². The quantitative estimate of drug-likeness (QED) is 0.908. The normalized spacial score (nSPS) is 18.2. The molecule has 1 aliphatic rings. The molecule has 2 aromatic rings. The van der Waals surface area contributed by atoms with Crippen molar-refractivity contribution in [3.63, 3.8) is 0 Å². The van der Waals surface area contributed by atoms with Crippen molar-refractivity contribution >= 4 is 6.03 Å². The summed E-state index contributed by atoms with van der Waals surface area (Å²) >= 11 is 0. The van der Waals surface area contributed by atoms with Crippen LogP contribution in [0.1, 0.15) is 31.9 Å². The fourth-order valence-corrected chi connectivity index (χ4v) is 3.05. The first kappa shape index (κ1) is 17.2. The number of ether oxygens (including phenoxy) is 1. The molecule has 0 unspecified atom stereocenters. The molecule has 0 spiro atoms. The van der Waals surface area contributed by atoms with Crippen LogP contribution in [0.5, 0.6) is 5.75 Å². The van der Waals surface area contributed by atoms with Crippen molar-refractivity contribution in [2.75, 3.05) is 13.1 Å². The predicted octanol–water partition coefficient (Wildman–Crippen LogP) is 3.04. The van der Waals surface area contributed by atoms with Crippen LogP contribution < -0.4 is 10.1 Å². The summed E-state index contributed by atoms with van der Waals surface area (Å²) in [6.07, 6.45) is 7.75. The van der Waals surface area contributed by atoms with Gasteiger partial charge >= 0.3 is 6.03 Å². The highest BCUT2D eigenvalue weighted by molar-refractivity contribution is 5.75. The van der Waals surface area contributed by atoms with Crippen molar-refractivity contribution in [3.8, 4) is 5.75 Å². The Bertz CT molecular complexity index is 678. The highest BCUT2D eigenvalue weighted by Gasteiger charge is 2.29. The number of nitrogens with one attached hydrogen (secondary N) is 1. The van der Waals surface area contributed by atoms with Gasteiger partial charge in [0.1, 0.15) is 11.9 Å². The van der Waals surface area contributed by atoms with E-state index in [4.69, 9.17) is 4.74 Å². The third-order valence-electron chi connectivity index (χ3n) is 4.38. The van der Waals surface area contributed by atoms with Crippen LogP contribution in [-0.4, -0.2) is 40.1 Å². The van der Waals surface area contributed by atoms with E-state index in [0.717, 1.165) is 17.7 Å². The van der Waals surface area contributed by atoms with Gasteiger partial charge in [-0.25, -0.2) is 4.79 Å². The van der Waals surface area contributed by atoms with E-state index in [1.54, 1.807) is 24.8 Å². The van der Waals surface area contributed by atoms with Gasteiger partial charge in [0.05, 0.1) is 18.8 Å². The van der Waals surface area contributed by atoms with Crippen LogP contribution in [0.2, 0.25) is 0 Å². The van der Waals surface area contributed by atoms with Crippen LogP contribution in [0.25, 0.3) is 0 Å². The lowest BCUT2D eigenvalue weighted by atomic mass is 9.97. The van der Waals surface area contributed by atoms with Gasteiger partial charge < -0.3 is 15.0 Å². The molecule has 2 amide bonds. The summed E-state index contributed by atoms with van der Waals surface area (Å²) in [7, 11) is 0. The first-order chi connectivity index (χ1) is 12.1. The van der Waals surface area contributed by atoms with Crippen molar-refractivity contribution in [2.24, 2.45) is 5.92 Å². The van der Waals surface area contributed by atoms with E-state index in [1.807, 2.05) is 29.2 Å². The lowest BCUT2D eigenvalue weighted by Crippen LogP contribution is -2.42. The van der Waals surface area contributed by atoms with Crippen molar-refractivity contribution < 1.29 is 9.53 Å². The number of aromatic nitrogens is 2. The molecule has 132 valence electrons. The lowest BCUT2D eigenvalue weighted by molar-refractivity contribution is 0.181. The summed E-state index contributed by atoms with van der Waals surface area (Å²) in [5.41, 5.74) is 1.07. The third-order valence-corrected chi connectivity index (χ3v) is 4.38. The zero-order valence-electron chi connectivity index (χ0n) is 14.6. The third kappa shape index (κ3) is 4.47. The largest absolute Gasteiger partial charge is 0.487 e. The molecule has 3 rings (SSSR count). The fourth-order valence-electron chi connectivity index (χ4n) is 3.05.